The van der Waals surface area contributed by atoms with Crippen LogP contribution in [0.2, 0.25) is 0 Å². The molecule has 4 nitrogen and oxygen atoms in total. The first-order valence-corrected chi connectivity index (χ1v) is 8.37. The van der Waals surface area contributed by atoms with Crippen molar-refractivity contribution in [2.24, 2.45) is 11.8 Å². The van der Waals surface area contributed by atoms with Gasteiger partial charge in [-0.2, -0.15) is 0 Å². The highest BCUT2D eigenvalue weighted by Crippen LogP contribution is 2.37. The van der Waals surface area contributed by atoms with Gasteiger partial charge in [-0.25, -0.2) is 0 Å². The molecule has 1 aliphatic carbocycles. The lowest BCUT2D eigenvalue weighted by Crippen LogP contribution is -2.41. The summed E-state index contributed by atoms with van der Waals surface area (Å²) in [5, 5.41) is 3.33. The van der Waals surface area contributed by atoms with Crippen LogP contribution in [0.4, 0.5) is 0 Å². The van der Waals surface area contributed by atoms with Crippen LogP contribution in [0.1, 0.15) is 46.0 Å². The molecule has 0 spiro atoms. The highest BCUT2D eigenvalue weighted by Gasteiger charge is 2.36. The van der Waals surface area contributed by atoms with E-state index in [1.165, 1.54) is 32.4 Å². The van der Waals surface area contributed by atoms with Gasteiger partial charge in [0, 0.05) is 19.6 Å². The van der Waals surface area contributed by atoms with Crippen molar-refractivity contribution < 1.29 is 9.53 Å². The minimum absolute atomic E-state index is 0.0830. The van der Waals surface area contributed by atoms with Crippen molar-refractivity contribution in [1.82, 2.24) is 10.2 Å². The molecular weight excluding hydrogens is 252 g/mol. The molecule has 1 heterocycles. The van der Waals surface area contributed by atoms with E-state index in [-0.39, 0.29) is 12.0 Å². The SMILES string of the molecule is CCCNC(CCN1CC2CCCC2C1)C(=O)OCC. The van der Waals surface area contributed by atoms with Crippen molar-refractivity contribution in [3.63, 3.8) is 0 Å². The maximum Gasteiger partial charge on any atom is 0.323 e. The maximum absolute atomic E-state index is 11.9. The van der Waals surface area contributed by atoms with E-state index in [9.17, 15) is 4.79 Å². The van der Waals surface area contributed by atoms with Crippen LogP contribution >= 0.6 is 0 Å². The first-order valence-electron chi connectivity index (χ1n) is 8.37. The number of carbonyl (C=O) groups is 1. The van der Waals surface area contributed by atoms with Gasteiger partial charge in [-0.3, -0.25) is 4.79 Å². The molecule has 2 aliphatic rings. The van der Waals surface area contributed by atoms with E-state index >= 15 is 0 Å². The van der Waals surface area contributed by atoms with E-state index in [0.29, 0.717) is 6.61 Å². The lowest BCUT2D eigenvalue weighted by Gasteiger charge is -2.21. The zero-order chi connectivity index (χ0) is 14.4. The third-order valence-electron chi connectivity index (χ3n) is 4.75. The predicted molar refractivity (Wildman–Crippen MR) is 80.6 cm³/mol. The van der Waals surface area contributed by atoms with Crippen LogP contribution in [0, 0.1) is 11.8 Å². The van der Waals surface area contributed by atoms with Gasteiger partial charge in [-0.15, -0.1) is 0 Å². The Hall–Kier alpha value is -0.610. The summed E-state index contributed by atoms with van der Waals surface area (Å²) in [6.07, 6.45) is 6.17. The van der Waals surface area contributed by atoms with Crippen LogP contribution < -0.4 is 5.32 Å². The number of ether oxygens (including phenoxy) is 1. The number of nitrogens with one attached hydrogen (secondary N) is 1. The van der Waals surface area contributed by atoms with E-state index < -0.39 is 0 Å². The first-order chi connectivity index (χ1) is 9.74. The Kier molecular flexibility index (Phi) is 6.30. The van der Waals surface area contributed by atoms with Gasteiger partial charge in [0.1, 0.15) is 6.04 Å². The van der Waals surface area contributed by atoms with Gasteiger partial charge in [-0.05, 0) is 51.0 Å². The molecule has 0 aromatic carbocycles. The third-order valence-corrected chi connectivity index (χ3v) is 4.75. The summed E-state index contributed by atoms with van der Waals surface area (Å²) in [6.45, 7) is 8.86. The highest BCUT2D eigenvalue weighted by molar-refractivity contribution is 5.75. The molecule has 3 atom stereocenters. The molecule has 2 rings (SSSR count). The second-order valence-electron chi connectivity index (χ2n) is 6.26. The fourth-order valence-corrected chi connectivity index (χ4v) is 3.69. The molecule has 20 heavy (non-hydrogen) atoms. The van der Waals surface area contributed by atoms with Crippen molar-refractivity contribution in [2.45, 2.75) is 52.0 Å². The zero-order valence-electron chi connectivity index (χ0n) is 13.1. The quantitative estimate of drug-likeness (QED) is 0.692. The Balaban J connectivity index is 1.74. The fraction of sp³-hybridized carbons (Fsp3) is 0.938. The number of fused-ring (bicyclic) bond motifs is 1. The Morgan fingerprint density at radius 2 is 2.00 bits per heavy atom. The maximum atomic E-state index is 11.9. The third kappa shape index (κ3) is 4.19. The molecule has 4 heteroatoms. The number of likely N-dealkylation sites (tertiary alicyclic amines) is 1. The molecule has 2 fully saturated rings. The van der Waals surface area contributed by atoms with Crippen LogP contribution in [0.5, 0.6) is 0 Å². The van der Waals surface area contributed by atoms with E-state index in [2.05, 4.69) is 17.1 Å². The largest absolute Gasteiger partial charge is 0.465 e. The van der Waals surface area contributed by atoms with Crippen LogP contribution in [0.15, 0.2) is 0 Å². The van der Waals surface area contributed by atoms with E-state index in [1.807, 2.05) is 6.92 Å². The van der Waals surface area contributed by atoms with E-state index in [0.717, 1.165) is 37.8 Å². The normalized spacial score (nSPS) is 27.5. The molecule has 0 radical (unpaired) electrons. The Bertz CT molecular complexity index is 297. The van der Waals surface area contributed by atoms with Crippen LogP contribution in [0.25, 0.3) is 0 Å². The second-order valence-corrected chi connectivity index (χ2v) is 6.26. The average Bonchev–Trinajstić information content (AvgIpc) is 2.99. The summed E-state index contributed by atoms with van der Waals surface area (Å²) in [5.74, 6) is 1.78. The van der Waals surface area contributed by atoms with Gasteiger partial charge in [0.05, 0.1) is 6.61 Å². The molecular formula is C16H30N2O2. The minimum atomic E-state index is -0.129. The van der Waals surface area contributed by atoms with Crippen molar-refractivity contribution in [3.05, 3.63) is 0 Å². The monoisotopic (exact) mass is 282 g/mol. The van der Waals surface area contributed by atoms with Gasteiger partial charge in [0.2, 0.25) is 0 Å². The number of rotatable bonds is 8. The molecule has 3 unspecified atom stereocenters. The van der Waals surface area contributed by atoms with Crippen molar-refractivity contribution in [2.75, 3.05) is 32.8 Å². The lowest BCUT2D eigenvalue weighted by atomic mass is 10.0. The van der Waals surface area contributed by atoms with E-state index in [1.54, 1.807) is 0 Å². The Labute approximate surface area is 123 Å². The molecule has 1 saturated carbocycles. The van der Waals surface area contributed by atoms with Gasteiger partial charge in [0.15, 0.2) is 0 Å². The van der Waals surface area contributed by atoms with E-state index in [4.69, 9.17) is 4.74 Å². The number of hydrogen-bond acceptors (Lipinski definition) is 4. The van der Waals surface area contributed by atoms with Crippen molar-refractivity contribution >= 4 is 5.97 Å². The Morgan fingerprint density at radius 1 is 1.30 bits per heavy atom. The van der Waals surface area contributed by atoms with Gasteiger partial charge < -0.3 is 15.0 Å². The zero-order valence-corrected chi connectivity index (χ0v) is 13.1. The summed E-state index contributed by atoms with van der Waals surface area (Å²) in [7, 11) is 0. The molecule has 1 saturated heterocycles. The first kappa shape index (κ1) is 15.8. The summed E-state index contributed by atoms with van der Waals surface area (Å²) in [6, 6.07) is -0.129. The molecule has 0 aromatic heterocycles. The summed E-state index contributed by atoms with van der Waals surface area (Å²) < 4.78 is 5.17. The average molecular weight is 282 g/mol. The van der Waals surface area contributed by atoms with Gasteiger partial charge in [-0.1, -0.05) is 13.3 Å². The molecule has 116 valence electrons. The molecule has 0 bridgehead atoms. The van der Waals surface area contributed by atoms with Crippen LogP contribution in [-0.4, -0.2) is 49.7 Å². The molecule has 1 aliphatic heterocycles. The van der Waals surface area contributed by atoms with Crippen molar-refractivity contribution in [1.29, 1.82) is 0 Å². The molecule has 0 aromatic rings. The number of esters is 1. The number of carbonyl (C=O) groups excluding carboxylic acids is 1. The summed E-state index contributed by atoms with van der Waals surface area (Å²) in [5.41, 5.74) is 0. The standard InChI is InChI=1S/C16H30N2O2/c1-3-9-17-15(16(19)20-4-2)8-10-18-11-13-6-5-7-14(13)12-18/h13-15,17H,3-12H2,1-2H3. The van der Waals surface area contributed by atoms with Crippen LogP contribution in [-0.2, 0) is 9.53 Å². The molecule has 0 amide bonds. The highest BCUT2D eigenvalue weighted by atomic mass is 16.5. The lowest BCUT2D eigenvalue weighted by molar-refractivity contribution is -0.145. The second kappa shape index (κ2) is 7.99. The predicted octanol–water partition coefficient (Wildman–Crippen LogP) is 2.04. The summed E-state index contributed by atoms with van der Waals surface area (Å²) >= 11 is 0. The topological polar surface area (TPSA) is 41.6 Å². The van der Waals surface area contributed by atoms with Gasteiger partial charge in [0.25, 0.3) is 0 Å². The number of nitrogens with zero attached hydrogens (tertiary/aromatic N) is 1. The fourth-order valence-electron chi connectivity index (χ4n) is 3.69. The molecule has 1 N–H and O–H groups in total. The Morgan fingerprint density at radius 3 is 2.60 bits per heavy atom. The van der Waals surface area contributed by atoms with Crippen LogP contribution in [0.3, 0.4) is 0 Å². The van der Waals surface area contributed by atoms with Crippen molar-refractivity contribution in [3.8, 4) is 0 Å². The summed E-state index contributed by atoms with van der Waals surface area (Å²) in [4.78, 5) is 14.5. The smallest absolute Gasteiger partial charge is 0.323 e. The number of hydrogen-bond donors (Lipinski definition) is 1. The minimum Gasteiger partial charge on any atom is -0.465 e. The van der Waals surface area contributed by atoms with Gasteiger partial charge >= 0.3 is 5.97 Å².